The molecular weight excluding hydrogens is 301 g/mol. The fraction of sp³-hybridized carbons (Fsp3) is 0.462. The molecule has 0 heterocycles. The Kier molecular flexibility index (Phi) is 4.87. The quantitative estimate of drug-likeness (QED) is 0.877. The van der Waals surface area contributed by atoms with Crippen LogP contribution in [0.1, 0.15) is 32.3 Å². The van der Waals surface area contributed by atoms with Gasteiger partial charge in [-0.3, -0.25) is 4.79 Å². The van der Waals surface area contributed by atoms with E-state index in [0.29, 0.717) is 16.5 Å². The average molecular weight is 318 g/mol. The number of carbonyl (C=O) groups is 1. The van der Waals surface area contributed by atoms with Crippen LogP contribution in [0.2, 0.25) is 0 Å². The van der Waals surface area contributed by atoms with E-state index in [1.807, 2.05) is 6.92 Å². The van der Waals surface area contributed by atoms with Gasteiger partial charge in [0.25, 0.3) is 0 Å². The van der Waals surface area contributed by atoms with Gasteiger partial charge in [-0.2, -0.15) is 0 Å². The summed E-state index contributed by atoms with van der Waals surface area (Å²) < 4.78 is 14.6. The molecule has 2 unspecified atom stereocenters. The topological polar surface area (TPSA) is 63.3 Å². The van der Waals surface area contributed by atoms with Crippen molar-refractivity contribution in [2.45, 2.75) is 38.1 Å². The maximum absolute atomic E-state index is 14.0. The van der Waals surface area contributed by atoms with Gasteiger partial charge in [-0.15, -0.1) is 0 Å². The second-order valence-corrected chi connectivity index (χ2v) is 5.54. The molecule has 0 bridgehead atoms. The summed E-state index contributed by atoms with van der Waals surface area (Å²) in [6.07, 6.45) is 0.389. The van der Waals surface area contributed by atoms with Crippen LogP contribution in [0.5, 0.6) is 0 Å². The lowest BCUT2D eigenvalue weighted by Gasteiger charge is -2.34. The molecule has 3 nitrogen and oxygen atoms in total. The average Bonchev–Trinajstić information content (AvgIpc) is 2.26. The number of rotatable bonds is 5. The molecule has 0 aliphatic heterocycles. The van der Waals surface area contributed by atoms with E-state index in [2.05, 4.69) is 15.9 Å². The molecule has 2 atom stereocenters. The first kappa shape index (κ1) is 15.1. The third kappa shape index (κ3) is 3.09. The van der Waals surface area contributed by atoms with E-state index in [-0.39, 0.29) is 6.42 Å². The molecule has 1 rings (SSSR count). The number of halogens is 2. The Bertz CT molecular complexity index is 453. The van der Waals surface area contributed by atoms with Crippen LogP contribution in [-0.4, -0.2) is 17.1 Å². The number of hydrogen-bond donors (Lipinski definition) is 2. The summed E-state index contributed by atoms with van der Waals surface area (Å²) in [6, 6.07) is 4.21. The summed E-state index contributed by atoms with van der Waals surface area (Å²) in [7, 11) is 0. The Morgan fingerprint density at radius 2 is 2.22 bits per heavy atom. The molecule has 18 heavy (non-hydrogen) atoms. The first-order valence-corrected chi connectivity index (χ1v) is 6.53. The molecule has 0 aromatic heterocycles. The first-order valence-electron chi connectivity index (χ1n) is 5.74. The van der Waals surface area contributed by atoms with Gasteiger partial charge in [0.1, 0.15) is 5.82 Å². The SMILES string of the molecule is CCC(N)C(C)(CC(=O)O)c1ccc(Br)cc1F. The highest BCUT2D eigenvalue weighted by molar-refractivity contribution is 9.10. The number of benzene rings is 1. The van der Waals surface area contributed by atoms with E-state index in [1.54, 1.807) is 19.1 Å². The van der Waals surface area contributed by atoms with E-state index in [0.717, 1.165) is 0 Å². The predicted octanol–water partition coefficient (Wildman–Crippen LogP) is 3.06. The molecule has 100 valence electrons. The molecule has 0 amide bonds. The maximum Gasteiger partial charge on any atom is 0.304 e. The zero-order valence-corrected chi connectivity index (χ0v) is 12.0. The van der Waals surface area contributed by atoms with Gasteiger partial charge in [-0.1, -0.05) is 35.8 Å². The summed E-state index contributed by atoms with van der Waals surface area (Å²) in [5, 5.41) is 9.01. The third-order valence-corrected chi connectivity index (χ3v) is 3.82. The Morgan fingerprint density at radius 3 is 2.67 bits per heavy atom. The summed E-state index contributed by atoms with van der Waals surface area (Å²) in [6.45, 7) is 3.56. The van der Waals surface area contributed by atoms with Crippen molar-refractivity contribution in [3.05, 3.63) is 34.1 Å². The number of carboxylic acid groups (broad SMARTS) is 1. The van der Waals surface area contributed by atoms with E-state index < -0.39 is 23.2 Å². The Morgan fingerprint density at radius 1 is 1.61 bits per heavy atom. The summed E-state index contributed by atoms with van der Waals surface area (Å²) >= 11 is 3.18. The molecule has 1 aromatic rings. The number of nitrogens with two attached hydrogens (primary N) is 1. The van der Waals surface area contributed by atoms with E-state index in [1.165, 1.54) is 6.07 Å². The van der Waals surface area contributed by atoms with E-state index >= 15 is 0 Å². The summed E-state index contributed by atoms with van der Waals surface area (Å²) in [5.74, 6) is -1.42. The highest BCUT2D eigenvalue weighted by atomic mass is 79.9. The second-order valence-electron chi connectivity index (χ2n) is 4.63. The van der Waals surface area contributed by atoms with Crippen molar-refractivity contribution >= 4 is 21.9 Å². The van der Waals surface area contributed by atoms with Crippen molar-refractivity contribution in [3.8, 4) is 0 Å². The molecule has 0 saturated carbocycles. The van der Waals surface area contributed by atoms with Crippen molar-refractivity contribution in [2.75, 3.05) is 0 Å². The normalized spacial score (nSPS) is 16.1. The van der Waals surface area contributed by atoms with Crippen LogP contribution in [0.4, 0.5) is 4.39 Å². The van der Waals surface area contributed by atoms with Gasteiger partial charge >= 0.3 is 5.97 Å². The maximum atomic E-state index is 14.0. The van der Waals surface area contributed by atoms with Crippen LogP contribution in [0.3, 0.4) is 0 Å². The zero-order valence-electron chi connectivity index (χ0n) is 10.4. The second kappa shape index (κ2) is 5.80. The molecule has 5 heteroatoms. The van der Waals surface area contributed by atoms with Crippen LogP contribution in [0.25, 0.3) is 0 Å². The minimum Gasteiger partial charge on any atom is -0.481 e. The monoisotopic (exact) mass is 317 g/mol. The molecular formula is C13H17BrFNO2. The minimum atomic E-state index is -0.983. The molecule has 1 aromatic carbocycles. The van der Waals surface area contributed by atoms with Crippen LogP contribution in [0, 0.1) is 5.82 Å². The standard InChI is InChI=1S/C13H17BrFNO2/c1-3-11(16)13(2,7-12(17)18)9-5-4-8(14)6-10(9)15/h4-6,11H,3,7,16H2,1-2H3,(H,17,18). The fourth-order valence-electron chi connectivity index (χ4n) is 2.14. The van der Waals surface area contributed by atoms with Crippen molar-refractivity contribution in [1.29, 1.82) is 0 Å². The van der Waals surface area contributed by atoms with Gasteiger partial charge in [0.15, 0.2) is 0 Å². The zero-order chi connectivity index (χ0) is 13.9. The van der Waals surface area contributed by atoms with Gasteiger partial charge in [0.2, 0.25) is 0 Å². The minimum absolute atomic E-state index is 0.194. The molecule has 0 saturated heterocycles. The highest BCUT2D eigenvalue weighted by Crippen LogP contribution is 2.34. The fourth-order valence-corrected chi connectivity index (χ4v) is 2.48. The van der Waals surface area contributed by atoms with Gasteiger partial charge in [-0.25, -0.2) is 4.39 Å². The van der Waals surface area contributed by atoms with E-state index in [9.17, 15) is 9.18 Å². The largest absolute Gasteiger partial charge is 0.481 e. The Hall–Kier alpha value is -0.940. The lowest BCUT2D eigenvalue weighted by molar-refractivity contribution is -0.138. The van der Waals surface area contributed by atoms with Crippen molar-refractivity contribution < 1.29 is 14.3 Å². The van der Waals surface area contributed by atoms with Gasteiger partial charge < -0.3 is 10.8 Å². The van der Waals surface area contributed by atoms with Crippen LogP contribution in [-0.2, 0) is 10.2 Å². The van der Waals surface area contributed by atoms with Crippen molar-refractivity contribution in [1.82, 2.24) is 0 Å². The van der Waals surface area contributed by atoms with Crippen LogP contribution >= 0.6 is 15.9 Å². The lowest BCUT2D eigenvalue weighted by Crippen LogP contribution is -2.45. The summed E-state index contributed by atoms with van der Waals surface area (Å²) in [5.41, 5.74) is 5.44. The highest BCUT2D eigenvalue weighted by Gasteiger charge is 2.37. The summed E-state index contributed by atoms with van der Waals surface area (Å²) in [4.78, 5) is 11.0. The van der Waals surface area contributed by atoms with Crippen molar-refractivity contribution in [3.63, 3.8) is 0 Å². The van der Waals surface area contributed by atoms with Crippen LogP contribution in [0.15, 0.2) is 22.7 Å². The molecule has 0 aliphatic carbocycles. The van der Waals surface area contributed by atoms with Gasteiger partial charge in [0.05, 0.1) is 6.42 Å². The van der Waals surface area contributed by atoms with Gasteiger partial charge in [-0.05, 0) is 24.1 Å². The molecule has 0 spiro atoms. The Balaban J connectivity index is 3.29. The first-order chi connectivity index (χ1) is 8.31. The third-order valence-electron chi connectivity index (χ3n) is 3.32. The molecule has 3 N–H and O–H groups in total. The molecule has 0 fully saturated rings. The predicted molar refractivity (Wildman–Crippen MR) is 72.0 cm³/mol. The molecule has 0 aliphatic rings. The van der Waals surface area contributed by atoms with Crippen LogP contribution < -0.4 is 5.73 Å². The molecule has 0 radical (unpaired) electrons. The number of carboxylic acids is 1. The smallest absolute Gasteiger partial charge is 0.304 e. The van der Waals surface area contributed by atoms with E-state index in [4.69, 9.17) is 10.8 Å². The lowest BCUT2D eigenvalue weighted by atomic mass is 9.72. The Labute approximate surface area is 114 Å². The van der Waals surface area contributed by atoms with Gasteiger partial charge in [0, 0.05) is 15.9 Å². The van der Waals surface area contributed by atoms with Crippen molar-refractivity contribution in [2.24, 2.45) is 5.73 Å². The number of aliphatic carboxylic acids is 1. The number of hydrogen-bond acceptors (Lipinski definition) is 2.